The molecule has 4 amide bonds. The molecule has 0 saturated heterocycles. The van der Waals surface area contributed by atoms with Gasteiger partial charge >= 0.3 is 18.3 Å². The summed E-state index contributed by atoms with van der Waals surface area (Å²) in [5.41, 5.74) is 1.58. The van der Waals surface area contributed by atoms with E-state index in [2.05, 4.69) is 27.8 Å². The van der Waals surface area contributed by atoms with Gasteiger partial charge in [0.05, 0.1) is 4.92 Å². The van der Waals surface area contributed by atoms with Gasteiger partial charge in [-0.05, 0) is 60.6 Å². The van der Waals surface area contributed by atoms with Crippen molar-refractivity contribution in [3.05, 3.63) is 113 Å². The van der Waals surface area contributed by atoms with E-state index in [1.807, 2.05) is 18.2 Å². The monoisotopic (exact) mass is 733 g/mol. The minimum atomic E-state index is -1.02. The third-order valence-corrected chi connectivity index (χ3v) is 7.42. The van der Waals surface area contributed by atoms with Gasteiger partial charge in [-0.2, -0.15) is 0 Å². The number of benzene rings is 3. The van der Waals surface area contributed by atoms with Gasteiger partial charge in [0, 0.05) is 24.4 Å². The summed E-state index contributed by atoms with van der Waals surface area (Å²) in [6.07, 6.45) is 0.143. The quantitative estimate of drug-likeness (QED) is 0.0221. The zero-order chi connectivity index (χ0) is 38.6. The van der Waals surface area contributed by atoms with Gasteiger partial charge in [-0.1, -0.05) is 69.0 Å². The van der Waals surface area contributed by atoms with Crippen LogP contribution in [0.1, 0.15) is 44.2 Å². The van der Waals surface area contributed by atoms with E-state index in [1.54, 1.807) is 50.2 Å². The summed E-state index contributed by atoms with van der Waals surface area (Å²) in [5.74, 6) is -1.39. The Bertz CT molecular complexity index is 1680. The summed E-state index contributed by atoms with van der Waals surface area (Å²) in [6, 6.07) is 18.3. The number of unbranched alkanes of at least 4 members (excludes halogenated alkanes) is 1. The van der Waals surface area contributed by atoms with E-state index in [9.17, 15) is 34.1 Å². The summed E-state index contributed by atoms with van der Waals surface area (Å²) in [7, 11) is 0. The molecule has 0 aliphatic carbocycles. The molecule has 0 radical (unpaired) electrons. The smallest absolute Gasteiger partial charge is 0.445 e. The molecule has 16 heteroatoms. The molecule has 0 spiro atoms. The van der Waals surface area contributed by atoms with Crippen molar-refractivity contribution in [3.8, 4) is 5.75 Å². The molecular weight excluding hydrogens is 690 g/mol. The highest BCUT2D eigenvalue weighted by Crippen LogP contribution is 2.18. The van der Waals surface area contributed by atoms with Crippen molar-refractivity contribution in [1.29, 1.82) is 0 Å². The highest BCUT2D eigenvalue weighted by atomic mass is 16.7. The molecule has 0 aromatic heterocycles. The SMILES string of the molecule is C=CCOC(=O)NCCCC[C@H](NC(=O)[C@H](NC(=O)OCc1ccccc1)C(C)C)C(=O)Nc1ccc(COC(=O)Oc2ccc([N+](=O)[O-])cc2)cc1. The number of anilines is 1. The maximum atomic E-state index is 13.5. The normalized spacial score (nSPS) is 11.6. The number of nitrogens with one attached hydrogen (secondary N) is 4. The summed E-state index contributed by atoms with van der Waals surface area (Å²) in [4.78, 5) is 73.5. The molecule has 0 saturated carbocycles. The summed E-state index contributed by atoms with van der Waals surface area (Å²) in [6.45, 7) is 7.16. The standard InChI is InChI=1S/C37H43N5O11/c1-4-22-50-35(45)38-21-9-8-12-31(40-34(44)32(25(2)3)41-36(46)51-23-26-10-6-5-7-11-26)33(43)39-28-15-13-27(14-16-28)24-52-37(47)53-30-19-17-29(18-20-30)42(48)49/h4-7,10-11,13-20,25,31-32H,1,8-9,12,21-24H2,2-3H3,(H,38,45)(H,39,43)(H,40,44)(H,41,46)/t31-,32+/m0/s1. The van der Waals surface area contributed by atoms with Crippen molar-refractivity contribution in [3.63, 3.8) is 0 Å². The molecule has 4 N–H and O–H groups in total. The average Bonchev–Trinajstić information content (AvgIpc) is 3.14. The van der Waals surface area contributed by atoms with Crippen LogP contribution in [0.5, 0.6) is 5.75 Å². The Morgan fingerprint density at radius 2 is 1.45 bits per heavy atom. The molecule has 0 bridgehead atoms. The molecule has 2 atom stereocenters. The second kappa shape index (κ2) is 21.7. The Morgan fingerprint density at radius 3 is 2.09 bits per heavy atom. The number of hydrogen-bond acceptors (Lipinski definition) is 11. The molecular formula is C37H43N5O11. The van der Waals surface area contributed by atoms with E-state index in [4.69, 9.17) is 18.9 Å². The molecule has 3 aromatic rings. The van der Waals surface area contributed by atoms with Crippen molar-refractivity contribution >= 4 is 41.5 Å². The minimum absolute atomic E-state index is 0.0104. The number of carbonyl (C=O) groups is 5. The molecule has 0 aliphatic rings. The molecule has 3 aromatic carbocycles. The number of nitro benzene ring substituents is 1. The number of alkyl carbamates (subject to hydrolysis) is 2. The lowest BCUT2D eigenvalue weighted by Crippen LogP contribution is -2.54. The topological polar surface area (TPSA) is 214 Å². The third-order valence-electron chi connectivity index (χ3n) is 7.42. The van der Waals surface area contributed by atoms with Crippen molar-refractivity contribution in [2.75, 3.05) is 18.5 Å². The molecule has 0 fully saturated rings. The molecule has 16 nitrogen and oxygen atoms in total. The van der Waals surface area contributed by atoms with Gasteiger partial charge in [-0.25, -0.2) is 14.4 Å². The van der Waals surface area contributed by atoms with E-state index in [-0.39, 0.29) is 50.1 Å². The van der Waals surface area contributed by atoms with Crippen LogP contribution in [0.3, 0.4) is 0 Å². The number of hydrogen-bond donors (Lipinski definition) is 4. The van der Waals surface area contributed by atoms with Crippen molar-refractivity contribution in [2.45, 2.75) is 58.4 Å². The van der Waals surface area contributed by atoms with E-state index in [0.29, 0.717) is 24.1 Å². The van der Waals surface area contributed by atoms with Gasteiger partial charge < -0.3 is 40.2 Å². The fraction of sp³-hybridized carbons (Fsp3) is 0.324. The number of carbonyl (C=O) groups excluding carboxylic acids is 5. The summed E-state index contributed by atoms with van der Waals surface area (Å²) < 4.78 is 20.3. The highest BCUT2D eigenvalue weighted by molar-refractivity contribution is 5.98. The minimum Gasteiger partial charge on any atom is -0.445 e. The highest BCUT2D eigenvalue weighted by Gasteiger charge is 2.29. The van der Waals surface area contributed by atoms with Crippen LogP contribution in [-0.4, -0.2) is 60.3 Å². The maximum absolute atomic E-state index is 13.5. The zero-order valence-corrected chi connectivity index (χ0v) is 29.4. The summed E-state index contributed by atoms with van der Waals surface area (Å²) in [5, 5.41) is 21.5. The lowest BCUT2D eigenvalue weighted by Gasteiger charge is -2.25. The maximum Gasteiger partial charge on any atom is 0.514 e. The second-order valence-electron chi connectivity index (χ2n) is 11.9. The first kappa shape index (κ1) is 41.0. The molecule has 0 aliphatic heterocycles. The second-order valence-corrected chi connectivity index (χ2v) is 11.9. The largest absolute Gasteiger partial charge is 0.514 e. The van der Waals surface area contributed by atoms with Gasteiger partial charge in [0.25, 0.3) is 5.69 Å². The van der Waals surface area contributed by atoms with Gasteiger partial charge in [-0.3, -0.25) is 19.7 Å². The van der Waals surface area contributed by atoms with E-state index >= 15 is 0 Å². The van der Waals surface area contributed by atoms with Crippen LogP contribution in [0, 0.1) is 16.0 Å². The lowest BCUT2D eigenvalue weighted by molar-refractivity contribution is -0.384. The predicted octanol–water partition coefficient (Wildman–Crippen LogP) is 5.77. The van der Waals surface area contributed by atoms with Crippen molar-refractivity contribution < 1.29 is 47.8 Å². The number of non-ortho nitro benzene ring substituents is 1. The average molecular weight is 734 g/mol. The Hall–Kier alpha value is -6.45. The lowest BCUT2D eigenvalue weighted by atomic mass is 10.0. The Labute approximate surface area is 306 Å². The van der Waals surface area contributed by atoms with Crippen LogP contribution in [0.2, 0.25) is 0 Å². The zero-order valence-electron chi connectivity index (χ0n) is 29.4. The van der Waals surface area contributed by atoms with Crippen molar-refractivity contribution in [1.82, 2.24) is 16.0 Å². The van der Waals surface area contributed by atoms with Crippen LogP contribution in [-0.2, 0) is 37.0 Å². The molecule has 0 unspecified atom stereocenters. The van der Waals surface area contributed by atoms with Gasteiger partial charge in [0.1, 0.15) is 37.7 Å². The molecule has 53 heavy (non-hydrogen) atoms. The number of nitro groups is 1. The van der Waals surface area contributed by atoms with Gasteiger partial charge in [-0.15, -0.1) is 0 Å². The number of nitrogens with zero attached hydrogens (tertiary/aromatic N) is 1. The predicted molar refractivity (Wildman–Crippen MR) is 193 cm³/mol. The van der Waals surface area contributed by atoms with Crippen LogP contribution >= 0.6 is 0 Å². The van der Waals surface area contributed by atoms with Crippen LogP contribution < -0.4 is 26.0 Å². The number of ether oxygens (including phenoxy) is 4. The van der Waals surface area contributed by atoms with Gasteiger partial charge in [0.2, 0.25) is 11.8 Å². The Kier molecular flexibility index (Phi) is 16.8. The van der Waals surface area contributed by atoms with Crippen LogP contribution in [0.25, 0.3) is 0 Å². The van der Waals surface area contributed by atoms with E-state index < -0.39 is 47.2 Å². The number of rotatable bonds is 19. The van der Waals surface area contributed by atoms with Crippen LogP contribution in [0.15, 0.2) is 91.5 Å². The van der Waals surface area contributed by atoms with Gasteiger partial charge in [0.15, 0.2) is 0 Å². The van der Waals surface area contributed by atoms with E-state index in [1.165, 1.54) is 30.3 Å². The van der Waals surface area contributed by atoms with Crippen molar-refractivity contribution in [2.24, 2.45) is 5.92 Å². The first-order valence-electron chi connectivity index (χ1n) is 16.7. The fourth-order valence-corrected chi connectivity index (χ4v) is 4.62. The van der Waals surface area contributed by atoms with E-state index in [0.717, 1.165) is 5.56 Å². The molecule has 282 valence electrons. The first-order valence-corrected chi connectivity index (χ1v) is 16.7. The fourth-order valence-electron chi connectivity index (χ4n) is 4.62. The molecule has 3 rings (SSSR count). The summed E-state index contributed by atoms with van der Waals surface area (Å²) >= 11 is 0. The molecule has 0 heterocycles. The Balaban J connectivity index is 1.59. The van der Waals surface area contributed by atoms with Crippen LogP contribution in [0.4, 0.5) is 25.8 Å². The number of amides is 4. The third kappa shape index (κ3) is 15.1. The Morgan fingerprint density at radius 1 is 0.792 bits per heavy atom. The first-order chi connectivity index (χ1) is 25.4.